The second kappa shape index (κ2) is 5.64. The van der Waals surface area contributed by atoms with Crippen molar-refractivity contribution in [1.82, 2.24) is 10.3 Å². The highest BCUT2D eigenvalue weighted by Crippen LogP contribution is 2.18. The first-order valence-corrected chi connectivity index (χ1v) is 7.47. The van der Waals surface area contributed by atoms with Gasteiger partial charge in [0, 0.05) is 29.1 Å². The minimum absolute atomic E-state index is 0.202. The van der Waals surface area contributed by atoms with Crippen LogP contribution >= 0.6 is 11.6 Å². The zero-order chi connectivity index (χ0) is 13.9. The smallest absolute Gasteiger partial charge is 0.263 e. The average molecular weight is 300 g/mol. The predicted octanol–water partition coefficient (Wildman–Crippen LogP) is 2.19. The summed E-state index contributed by atoms with van der Waals surface area (Å²) in [5, 5.41) is 3.50. The number of benzene rings is 1. The van der Waals surface area contributed by atoms with Crippen molar-refractivity contribution in [1.29, 1.82) is 0 Å². The molecule has 0 aliphatic carbocycles. The number of anilines is 1. The highest BCUT2D eigenvalue weighted by Gasteiger charge is 2.15. The maximum Gasteiger partial charge on any atom is 0.263 e. The van der Waals surface area contributed by atoms with E-state index in [9.17, 15) is 8.42 Å². The Morgan fingerprint density at radius 3 is 2.58 bits per heavy atom. The molecule has 0 spiro atoms. The Morgan fingerprint density at radius 1 is 1.26 bits per heavy atom. The van der Waals surface area contributed by atoms with E-state index in [0.29, 0.717) is 17.3 Å². The van der Waals surface area contributed by atoms with Crippen LogP contribution in [0.2, 0.25) is 5.02 Å². The van der Waals surface area contributed by atoms with E-state index in [1.807, 2.05) is 0 Å². The first-order chi connectivity index (χ1) is 9.01. The summed E-state index contributed by atoms with van der Waals surface area (Å²) in [7, 11) is -1.78. The van der Waals surface area contributed by atoms with Crippen LogP contribution in [0.4, 0.5) is 5.69 Å². The van der Waals surface area contributed by atoms with E-state index in [-0.39, 0.29) is 4.90 Å². The number of H-pyrrole nitrogens is 1. The number of rotatable bonds is 5. The van der Waals surface area contributed by atoms with Gasteiger partial charge in [-0.3, -0.25) is 4.72 Å². The SMILES string of the molecule is CNCc1cc(S(=O)(=O)Nc2ccc(Cl)cc2)c[nH]1. The number of sulfonamides is 1. The highest BCUT2D eigenvalue weighted by molar-refractivity contribution is 7.92. The quantitative estimate of drug-likeness (QED) is 0.792. The van der Waals surface area contributed by atoms with Gasteiger partial charge in [-0.25, -0.2) is 8.42 Å². The van der Waals surface area contributed by atoms with Crippen LogP contribution in [0.3, 0.4) is 0 Å². The normalized spacial score (nSPS) is 11.5. The van der Waals surface area contributed by atoms with Crippen LogP contribution in [0.5, 0.6) is 0 Å². The topological polar surface area (TPSA) is 74.0 Å². The lowest BCUT2D eigenvalue weighted by atomic mass is 10.3. The molecule has 1 heterocycles. The fourth-order valence-corrected chi connectivity index (χ4v) is 2.80. The molecule has 1 aromatic carbocycles. The molecule has 0 bridgehead atoms. The summed E-state index contributed by atoms with van der Waals surface area (Å²) >= 11 is 5.75. The zero-order valence-electron chi connectivity index (χ0n) is 10.3. The van der Waals surface area contributed by atoms with E-state index >= 15 is 0 Å². The molecule has 0 aliphatic rings. The molecule has 0 fully saturated rings. The Morgan fingerprint density at radius 2 is 1.95 bits per heavy atom. The number of hydrogen-bond donors (Lipinski definition) is 3. The minimum atomic E-state index is -3.58. The molecule has 0 radical (unpaired) electrons. The van der Waals surface area contributed by atoms with Crippen molar-refractivity contribution in [2.45, 2.75) is 11.4 Å². The first-order valence-electron chi connectivity index (χ1n) is 5.61. The van der Waals surface area contributed by atoms with Gasteiger partial charge in [0.2, 0.25) is 0 Å². The molecule has 0 saturated carbocycles. The molecule has 2 rings (SSSR count). The van der Waals surface area contributed by atoms with Crippen LogP contribution in [0, 0.1) is 0 Å². The largest absolute Gasteiger partial charge is 0.363 e. The molecule has 0 aliphatic heterocycles. The number of halogens is 1. The van der Waals surface area contributed by atoms with Crippen molar-refractivity contribution in [2.75, 3.05) is 11.8 Å². The number of hydrogen-bond acceptors (Lipinski definition) is 3. The second-order valence-electron chi connectivity index (χ2n) is 4.00. The fraction of sp³-hybridized carbons (Fsp3) is 0.167. The molecule has 5 nitrogen and oxygen atoms in total. The first kappa shape index (κ1) is 13.9. The summed E-state index contributed by atoms with van der Waals surface area (Å²) in [5.41, 5.74) is 1.28. The second-order valence-corrected chi connectivity index (χ2v) is 6.12. The van der Waals surface area contributed by atoms with Crippen molar-refractivity contribution >= 4 is 27.3 Å². The zero-order valence-corrected chi connectivity index (χ0v) is 11.8. The Labute approximate surface area is 117 Å². The lowest BCUT2D eigenvalue weighted by molar-refractivity contribution is 0.601. The van der Waals surface area contributed by atoms with Crippen molar-refractivity contribution in [3.8, 4) is 0 Å². The van der Waals surface area contributed by atoms with Gasteiger partial charge in [0.15, 0.2) is 0 Å². The van der Waals surface area contributed by atoms with Gasteiger partial charge >= 0.3 is 0 Å². The number of aromatic amines is 1. The van der Waals surface area contributed by atoms with Gasteiger partial charge < -0.3 is 10.3 Å². The lowest BCUT2D eigenvalue weighted by Crippen LogP contribution is -2.12. The third-order valence-electron chi connectivity index (χ3n) is 2.49. The summed E-state index contributed by atoms with van der Waals surface area (Å²) in [5.74, 6) is 0. The number of aromatic nitrogens is 1. The van der Waals surface area contributed by atoms with Crippen molar-refractivity contribution in [3.05, 3.63) is 47.2 Å². The molecule has 0 saturated heterocycles. The fourth-order valence-electron chi connectivity index (χ4n) is 1.60. The Bertz CT molecular complexity index is 650. The standard InChI is InChI=1S/C12H14ClN3O2S/c1-14-7-11-6-12(8-15-11)19(17,18)16-10-4-2-9(13)3-5-10/h2-6,8,14-16H,7H2,1H3. The van der Waals surface area contributed by atoms with Crippen LogP contribution in [0.15, 0.2) is 41.4 Å². The third kappa shape index (κ3) is 3.50. The Kier molecular flexibility index (Phi) is 4.14. The van der Waals surface area contributed by atoms with Crippen LogP contribution in [-0.2, 0) is 16.6 Å². The third-order valence-corrected chi connectivity index (χ3v) is 4.10. The molecule has 0 amide bonds. The van der Waals surface area contributed by atoms with Crippen LogP contribution in [0.1, 0.15) is 5.69 Å². The van der Waals surface area contributed by atoms with E-state index in [1.165, 1.54) is 6.20 Å². The van der Waals surface area contributed by atoms with Crippen LogP contribution in [-0.4, -0.2) is 20.4 Å². The summed E-state index contributed by atoms with van der Waals surface area (Å²) in [6.45, 7) is 0.580. The molecule has 2 aromatic rings. The molecule has 102 valence electrons. The summed E-state index contributed by atoms with van der Waals surface area (Å²) in [6.07, 6.45) is 1.46. The predicted molar refractivity (Wildman–Crippen MR) is 75.8 cm³/mol. The van der Waals surface area contributed by atoms with Crippen molar-refractivity contribution < 1.29 is 8.42 Å². The summed E-state index contributed by atoms with van der Waals surface area (Å²) in [4.78, 5) is 3.11. The molecule has 1 aromatic heterocycles. The van der Waals surface area contributed by atoms with Crippen molar-refractivity contribution in [3.63, 3.8) is 0 Å². The maximum absolute atomic E-state index is 12.1. The lowest BCUT2D eigenvalue weighted by Gasteiger charge is -2.06. The maximum atomic E-state index is 12.1. The Hall–Kier alpha value is -1.50. The van der Waals surface area contributed by atoms with E-state index in [2.05, 4.69) is 15.0 Å². The monoisotopic (exact) mass is 299 g/mol. The molecule has 7 heteroatoms. The summed E-state index contributed by atoms with van der Waals surface area (Å²) in [6, 6.07) is 8.07. The van der Waals surface area contributed by atoms with Gasteiger partial charge in [0.05, 0.1) is 0 Å². The van der Waals surface area contributed by atoms with E-state index in [4.69, 9.17) is 11.6 Å². The molecular weight excluding hydrogens is 286 g/mol. The molecular formula is C12H14ClN3O2S. The van der Waals surface area contributed by atoms with E-state index in [1.54, 1.807) is 37.4 Å². The van der Waals surface area contributed by atoms with Crippen LogP contribution < -0.4 is 10.0 Å². The van der Waals surface area contributed by atoms with Gasteiger partial charge in [-0.2, -0.15) is 0 Å². The van der Waals surface area contributed by atoms with Gasteiger partial charge in [-0.05, 0) is 37.4 Å². The van der Waals surface area contributed by atoms with Crippen LogP contribution in [0.25, 0.3) is 0 Å². The molecule has 0 unspecified atom stereocenters. The Balaban J connectivity index is 2.19. The van der Waals surface area contributed by atoms with Gasteiger partial charge in [-0.1, -0.05) is 11.6 Å². The minimum Gasteiger partial charge on any atom is -0.363 e. The molecule has 0 atom stereocenters. The summed E-state index contributed by atoms with van der Waals surface area (Å²) < 4.78 is 26.7. The molecule has 3 N–H and O–H groups in total. The average Bonchev–Trinajstić information content (AvgIpc) is 2.82. The highest BCUT2D eigenvalue weighted by atomic mass is 35.5. The van der Waals surface area contributed by atoms with E-state index < -0.39 is 10.0 Å². The van der Waals surface area contributed by atoms with Gasteiger partial charge in [0.25, 0.3) is 10.0 Å². The van der Waals surface area contributed by atoms with Gasteiger partial charge in [-0.15, -0.1) is 0 Å². The van der Waals surface area contributed by atoms with Gasteiger partial charge in [0.1, 0.15) is 4.90 Å². The number of nitrogens with one attached hydrogen (secondary N) is 3. The molecule has 19 heavy (non-hydrogen) atoms. The van der Waals surface area contributed by atoms with E-state index in [0.717, 1.165) is 5.69 Å². The van der Waals surface area contributed by atoms with Crippen molar-refractivity contribution in [2.24, 2.45) is 0 Å².